The van der Waals surface area contributed by atoms with Gasteiger partial charge in [-0.1, -0.05) is 37.3 Å². The molecule has 154 valence electrons. The van der Waals surface area contributed by atoms with Crippen molar-refractivity contribution in [2.45, 2.75) is 39.8 Å². The summed E-state index contributed by atoms with van der Waals surface area (Å²) >= 11 is 0. The fourth-order valence-electron chi connectivity index (χ4n) is 3.35. The highest BCUT2D eigenvalue weighted by atomic mass is 19.1. The smallest absolute Gasteiger partial charge is 0.227 e. The highest BCUT2D eigenvalue weighted by Gasteiger charge is 2.22. The Morgan fingerprint density at radius 1 is 1.14 bits per heavy atom. The molecule has 0 spiro atoms. The maximum Gasteiger partial charge on any atom is 0.227 e. The predicted molar refractivity (Wildman–Crippen MR) is 112 cm³/mol. The van der Waals surface area contributed by atoms with Crippen LogP contribution in [0.3, 0.4) is 0 Å². The molecule has 5 nitrogen and oxygen atoms in total. The fourth-order valence-corrected chi connectivity index (χ4v) is 3.35. The zero-order valence-electron chi connectivity index (χ0n) is 17.2. The van der Waals surface area contributed by atoms with Crippen LogP contribution < -0.4 is 4.74 Å². The van der Waals surface area contributed by atoms with Gasteiger partial charge in [-0.15, -0.1) is 0 Å². The second kappa shape index (κ2) is 9.67. The highest BCUT2D eigenvalue weighted by Crippen LogP contribution is 2.32. The van der Waals surface area contributed by atoms with Crippen LogP contribution >= 0.6 is 0 Å². The van der Waals surface area contributed by atoms with Crippen molar-refractivity contribution in [3.8, 4) is 17.3 Å². The largest absolute Gasteiger partial charge is 0.435 e. The van der Waals surface area contributed by atoms with Crippen LogP contribution in [0.15, 0.2) is 54.6 Å². The van der Waals surface area contributed by atoms with Crippen molar-refractivity contribution < 1.29 is 14.2 Å². The summed E-state index contributed by atoms with van der Waals surface area (Å²) < 4.78 is 22.1. The minimum atomic E-state index is -0.443. The molecule has 1 atom stereocenters. The first-order valence-corrected chi connectivity index (χ1v) is 9.96. The highest BCUT2D eigenvalue weighted by molar-refractivity contribution is 5.43. The predicted octanol–water partition coefficient (Wildman–Crippen LogP) is 4.70. The lowest BCUT2D eigenvalue weighted by atomic mass is 10.2. The molecule has 3 rings (SSSR count). The van der Waals surface area contributed by atoms with Crippen LogP contribution in [0.1, 0.15) is 31.5 Å². The lowest BCUT2D eigenvalue weighted by Crippen LogP contribution is -2.31. The van der Waals surface area contributed by atoms with E-state index < -0.39 is 11.9 Å². The first kappa shape index (κ1) is 21.0. The Morgan fingerprint density at radius 2 is 1.83 bits per heavy atom. The van der Waals surface area contributed by atoms with Crippen molar-refractivity contribution in [3.05, 3.63) is 71.7 Å². The van der Waals surface area contributed by atoms with Crippen molar-refractivity contribution in [2.24, 2.45) is 0 Å². The Balaban J connectivity index is 2.05. The topological polar surface area (TPSA) is 50.5 Å². The zero-order valence-corrected chi connectivity index (χ0v) is 17.2. The standard InChI is InChI=1S/C23H28FN3O2/c1-4-14-26(15-17(2)28)16-20-18(3)25-27(19-10-6-5-7-11-19)23(20)29-22-13-9-8-12-21(22)24/h5-13,17,28H,4,14-16H2,1-3H3/t17-/m1/s1. The fraction of sp³-hybridized carbons (Fsp3) is 0.348. The minimum absolute atomic E-state index is 0.156. The van der Waals surface area contributed by atoms with Crippen molar-refractivity contribution >= 4 is 0 Å². The molecule has 1 aromatic heterocycles. The van der Waals surface area contributed by atoms with Gasteiger partial charge in [0.1, 0.15) is 0 Å². The zero-order chi connectivity index (χ0) is 20.8. The van der Waals surface area contributed by atoms with E-state index in [9.17, 15) is 9.50 Å². The van der Waals surface area contributed by atoms with Crippen LogP contribution in [-0.2, 0) is 6.54 Å². The molecule has 0 saturated heterocycles. The molecular weight excluding hydrogens is 369 g/mol. The quantitative estimate of drug-likeness (QED) is 0.568. The second-order valence-electron chi connectivity index (χ2n) is 7.23. The Bertz CT molecular complexity index is 925. The molecule has 0 amide bonds. The summed E-state index contributed by atoms with van der Waals surface area (Å²) in [7, 11) is 0. The number of benzene rings is 2. The molecule has 1 heterocycles. The number of aromatic nitrogens is 2. The molecule has 2 aromatic carbocycles. The van der Waals surface area contributed by atoms with E-state index in [0.717, 1.165) is 29.9 Å². The van der Waals surface area contributed by atoms with E-state index in [1.54, 1.807) is 29.8 Å². The van der Waals surface area contributed by atoms with Crippen LogP contribution in [0.5, 0.6) is 11.6 Å². The van der Waals surface area contributed by atoms with Gasteiger partial charge >= 0.3 is 0 Å². The van der Waals surface area contributed by atoms with Crippen LogP contribution in [0.2, 0.25) is 0 Å². The number of aliphatic hydroxyl groups excluding tert-OH is 1. The van der Waals surface area contributed by atoms with Gasteiger partial charge in [-0.3, -0.25) is 4.90 Å². The molecule has 0 aliphatic rings. The van der Waals surface area contributed by atoms with E-state index in [0.29, 0.717) is 19.0 Å². The SMILES string of the molecule is CCCN(Cc1c(C)nn(-c2ccccc2)c1Oc1ccccc1F)C[C@@H](C)O. The number of ether oxygens (including phenoxy) is 1. The number of aryl methyl sites for hydroxylation is 1. The number of halogens is 1. The van der Waals surface area contributed by atoms with Gasteiger partial charge < -0.3 is 9.84 Å². The third kappa shape index (κ3) is 5.22. The third-order valence-corrected chi connectivity index (χ3v) is 4.63. The van der Waals surface area contributed by atoms with E-state index in [4.69, 9.17) is 4.74 Å². The Morgan fingerprint density at radius 3 is 2.48 bits per heavy atom. The summed E-state index contributed by atoms with van der Waals surface area (Å²) in [5.74, 6) is 0.222. The van der Waals surface area contributed by atoms with Crippen LogP contribution in [0, 0.1) is 12.7 Å². The summed E-state index contributed by atoms with van der Waals surface area (Å²) in [5.41, 5.74) is 2.53. The number of para-hydroxylation sites is 2. The molecule has 0 fully saturated rings. The maximum atomic E-state index is 14.3. The molecule has 6 heteroatoms. The van der Waals surface area contributed by atoms with Gasteiger partial charge in [0.05, 0.1) is 23.0 Å². The van der Waals surface area contributed by atoms with Gasteiger partial charge in [0, 0.05) is 13.1 Å². The van der Waals surface area contributed by atoms with Crippen LogP contribution in [0.25, 0.3) is 5.69 Å². The van der Waals surface area contributed by atoms with Crippen molar-refractivity contribution in [1.82, 2.24) is 14.7 Å². The summed E-state index contributed by atoms with van der Waals surface area (Å²) in [6.07, 6.45) is 0.518. The second-order valence-corrected chi connectivity index (χ2v) is 7.23. The molecule has 1 N–H and O–H groups in total. The van der Waals surface area contributed by atoms with Gasteiger partial charge in [0.25, 0.3) is 0 Å². The molecule has 0 aliphatic heterocycles. The minimum Gasteiger partial charge on any atom is -0.435 e. The normalized spacial score (nSPS) is 12.3. The Labute approximate surface area is 171 Å². The molecule has 0 saturated carbocycles. The summed E-state index contributed by atoms with van der Waals surface area (Å²) in [6.45, 7) is 7.74. The molecule has 0 aliphatic carbocycles. The third-order valence-electron chi connectivity index (χ3n) is 4.63. The Hall–Kier alpha value is -2.70. The van der Waals surface area contributed by atoms with Crippen molar-refractivity contribution in [3.63, 3.8) is 0 Å². The number of rotatable bonds is 9. The molecule has 3 aromatic rings. The van der Waals surface area contributed by atoms with Crippen molar-refractivity contribution in [1.29, 1.82) is 0 Å². The number of hydrogen-bond acceptors (Lipinski definition) is 4. The number of aliphatic hydroxyl groups is 1. The van der Waals surface area contributed by atoms with Crippen molar-refractivity contribution in [2.75, 3.05) is 13.1 Å². The summed E-state index contributed by atoms with van der Waals surface area (Å²) in [5, 5.41) is 14.6. The van der Waals surface area contributed by atoms with Gasteiger partial charge in [0.2, 0.25) is 5.88 Å². The van der Waals surface area contributed by atoms with E-state index in [2.05, 4.69) is 16.9 Å². The first-order valence-electron chi connectivity index (χ1n) is 9.96. The molecule has 0 unspecified atom stereocenters. The first-order chi connectivity index (χ1) is 14.0. The number of nitrogens with zero attached hydrogens (tertiary/aromatic N) is 3. The molecule has 0 radical (unpaired) electrons. The maximum absolute atomic E-state index is 14.3. The average molecular weight is 397 g/mol. The lowest BCUT2D eigenvalue weighted by Gasteiger charge is -2.23. The van der Waals surface area contributed by atoms with Gasteiger partial charge in [0.15, 0.2) is 11.6 Å². The van der Waals surface area contributed by atoms with Gasteiger partial charge in [-0.25, -0.2) is 9.07 Å². The van der Waals surface area contributed by atoms with E-state index in [-0.39, 0.29) is 5.75 Å². The number of hydrogen-bond donors (Lipinski definition) is 1. The summed E-state index contributed by atoms with van der Waals surface area (Å²) in [4.78, 5) is 2.16. The van der Waals surface area contributed by atoms with E-state index in [1.165, 1.54) is 6.07 Å². The van der Waals surface area contributed by atoms with Gasteiger partial charge in [-0.05, 0) is 51.1 Å². The molecule has 0 bridgehead atoms. The van der Waals surface area contributed by atoms with Crippen LogP contribution in [-0.4, -0.2) is 39.0 Å². The van der Waals surface area contributed by atoms with E-state index >= 15 is 0 Å². The Kier molecular flexibility index (Phi) is 7.01. The summed E-state index contributed by atoms with van der Waals surface area (Å²) in [6, 6.07) is 16.0. The molecule has 29 heavy (non-hydrogen) atoms. The van der Waals surface area contributed by atoms with E-state index in [1.807, 2.05) is 37.3 Å². The van der Waals surface area contributed by atoms with Gasteiger partial charge in [-0.2, -0.15) is 5.10 Å². The molecular formula is C23H28FN3O2. The average Bonchev–Trinajstić information content (AvgIpc) is 3.00. The van der Waals surface area contributed by atoms with Crippen LogP contribution in [0.4, 0.5) is 4.39 Å². The lowest BCUT2D eigenvalue weighted by molar-refractivity contribution is 0.122. The monoisotopic (exact) mass is 397 g/mol.